The molecule has 0 unspecified atom stereocenters. The number of alkyl halides is 3. The summed E-state index contributed by atoms with van der Waals surface area (Å²) in [6.07, 6.45) is -1.74. The van der Waals surface area contributed by atoms with Crippen LogP contribution < -0.4 is 4.74 Å². The normalized spacial score (nSPS) is 11.6. The second-order valence-electron chi connectivity index (χ2n) is 4.52. The van der Waals surface area contributed by atoms with E-state index in [0.717, 1.165) is 23.8 Å². The number of hydrogen-bond donors (Lipinski definition) is 0. The summed E-state index contributed by atoms with van der Waals surface area (Å²) in [4.78, 5) is 12.1. The lowest BCUT2D eigenvalue weighted by atomic mass is 10.0. The number of benzene rings is 2. The zero-order chi connectivity index (χ0) is 16.2. The smallest absolute Gasteiger partial charge is 0.416 e. The van der Waals surface area contributed by atoms with Crippen molar-refractivity contribution >= 4 is 11.9 Å². The first-order chi connectivity index (χ1) is 10.4. The van der Waals surface area contributed by atoms with Crippen LogP contribution in [0.5, 0.6) is 5.75 Å². The molecule has 0 heterocycles. The van der Waals surface area contributed by atoms with Gasteiger partial charge in [-0.05, 0) is 29.8 Å². The number of hydrogen-bond acceptors (Lipinski definition) is 2. The molecule has 5 heteroatoms. The molecule has 0 fully saturated rings. The molecule has 0 N–H and O–H groups in total. The summed E-state index contributed by atoms with van der Waals surface area (Å²) in [5.74, 6) is -0.442. The van der Waals surface area contributed by atoms with Crippen LogP contribution >= 0.6 is 0 Å². The van der Waals surface area contributed by atoms with Crippen LogP contribution in [0.1, 0.15) is 21.5 Å². The van der Waals surface area contributed by atoms with Gasteiger partial charge in [0, 0.05) is 0 Å². The van der Waals surface area contributed by atoms with Crippen LogP contribution in [0.15, 0.2) is 54.6 Å². The van der Waals surface area contributed by atoms with Gasteiger partial charge in [0.15, 0.2) is 5.78 Å². The average Bonchev–Trinajstić information content (AvgIpc) is 2.52. The fraction of sp³-hybridized carbons (Fsp3) is 0.118. The number of carbonyl (C=O) groups is 1. The van der Waals surface area contributed by atoms with Crippen molar-refractivity contribution in [3.8, 4) is 5.75 Å². The number of allylic oxidation sites excluding steroid dienone is 1. The van der Waals surface area contributed by atoms with Crippen molar-refractivity contribution in [1.29, 1.82) is 0 Å². The first-order valence-corrected chi connectivity index (χ1v) is 6.44. The molecular formula is C17H13F3O2. The minimum atomic E-state index is -4.51. The summed E-state index contributed by atoms with van der Waals surface area (Å²) in [5.41, 5.74) is -0.226. The SMILES string of the molecule is COc1ccc(C(F)(F)F)cc1C(=O)/C=C/c1ccccc1. The Morgan fingerprint density at radius 2 is 1.77 bits per heavy atom. The third kappa shape index (κ3) is 3.75. The Labute approximate surface area is 125 Å². The van der Waals surface area contributed by atoms with E-state index in [0.29, 0.717) is 0 Å². The van der Waals surface area contributed by atoms with Crippen molar-refractivity contribution in [2.75, 3.05) is 7.11 Å². The van der Waals surface area contributed by atoms with Crippen molar-refractivity contribution in [1.82, 2.24) is 0 Å². The molecule has 0 aliphatic carbocycles. The van der Waals surface area contributed by atoms with Crippen molar-refractivity contribution < 1.29 is 22.7 Å². The van der Waals surface area contributed by atoms with Crippen LogP contribution in [0, 0.1) is 0 Å². The summed E-state index contributed by atoms with van der Waals surface area (Å²) < 4.78 is 43.2. The van der Waals surface area contributed by atoms with Crippen molar-refractivity contribution in [3.63, 3.8) is 0 Å². The standard InChI is InChI=1S/C17H13F3O2/c1-22-16-10-8-13(17(18,19)20)11-14(16)15(21)9-7-12-5-3-2-4-6-12/h2-11H,1H3/b9-7+. The van der Waals surface area contributed by atoms with Crippen LogP contribution in [0.25, 0.3) is 6.08 Å². The molecule has 0 saturated carbocycles. The van der Waals surface area contributed by atoms with E-state index in [1.807, 2.05) is 6.07 Å². The first kappa shape index (κ1) is 15.8. The zero-order valence-electron chi connectivity index (χ0n) is 11.7. The molecule has 0 radical (unpaired) electrons. The third-order valence-electron chi connectivity index (χ3n) is 3.02. The van der Waals surface area contributed by atoms with Gasteiger partial charge in [0.05, 0.1) is 18.2 Å². The molecule has 22 heavy (non-hydrogen) atoms. The van der Waals surface area contributed by atoms with Crippen molar-refractivity contribution in [2.24, 2.45) is 0 Å². The lowest BCUT2D eigenvalue weighted by molar-refractivity contribution is -0.137. The number of carbonyl (C=O) groups excluding carboxylic acids is 1. The summed E-state index contributed by atoms with van der Waals surface area (Å²) >= 11 is 0. The maximum absolute atomic E-state index is 12.7. The van der Waals surface area contributed by atoms with Crippen molar-refractivity contribution in [2.45, 2.75) is 6.18 Å². The number of rotatable bonds is 4. The summed E-state index contributed by atoms with van der Waals surface area (Å²) in [6, 6.07) is 11.8. The molecule has 0 aromatic heterocycles. The number of halogens is 3. The zero-order valence-corrected chi connectivity index (χ0v) is 11.7. The number of ketones is 1. The molecule has 114 valence electrons. The Bertz CT molecular complexity index is 689. The highest BCUT2D eigenvalue weighted by atomic mass is 19.4. The summed E-state index contributed by atoms with van der Waals surface area (Å²) in [5, 5.41) is 0. The Kier molecular flexibility index (Phi) is 4.65. The predicted octanol–water partition coefficient (Wildman–Crippen LogP) is 4.61. The molecule has 2 rings (SSSR count). The topological polar surface area (TPSA) is 26.3 Å². The molecule has 0 aliphatic rings. The Morgan fingerprint density at radius 3 is 2.36 bits per heavy atom. The van der Waals surface area contributed by atoms with Gasteiger partial charge in [-0.25, -0.2) is 0 Å². The van der Waals surface area contributed by atoms with E-state index in [1.54, 1.807) is 30.3 Å². The van der Waals surface area contributed by atoms with Gasteiger partial charge in [-0.2, -0.15) is 13.2 Å². The minimum absolute atomic E-state index is 0.107. The molecule has 0 atom stereocenters. The molecule has 2 nitrogen and oxygen atoms in total. The van der Waals surface area contributed by atoms with E-state index in [1.165, 1.54) is 13.2 Å². The van der Waals surface area contributed by atoms with Gasteiger partial charge in [-0.3, -0.25) is 4.79 Å². The van der Waals surface area contributed by atoms with Crippen LogP contribution in [-0.2, 0) is 6.18 Å². The summed E-state index contributed by atoms with van der Waals surface area (Å²) in [7, 11) is 1.31. The Hall–Kier alpha value is -2.56. The fourth-order valence-corrected chi connectivity index (χ4v) is 1.90. The number of methoxy groups -OCH3 is 1. The van der Waals surface area contributed by atoms with E-state index in [-0.39, 0.29) is 11.3 Å². The highest BCUT2D eigenvalue weighted by Crippen LogP contribution is 2.32. The van der Waals surface area contributed by atoms with Gasteiger partial charge in [-0.15, -0.1) is 0 Å². The summed E-state index contributed by atoms with van der Waals surface area (Å²) in [6.45, 7) is 0. The molecule has 0 aliphatic heterocycles. The third-order valence-corrected chi connectivity index (χ3v) is 3.02. The minimum Gasteiger partial charge on any atom is -0.496 e. The van der Waals surface area contributed by atoms with Gasteiger partial charge in [0.1, 0.15) is 5.75 Å². The van der Waals surface area contributed by atoms with Crippen LogP contribution in [0.2, 0.25) is 0 Å². The van der Waals surface area contributed by atoms with Crippen molar-refractivity contribution in [3.05, 3.63) is 71.3 Å². The first-order valence-electron chi connectivity index (χ1n) is 6.44. The van der Waals surface area contributed by atoms with E-state index in [4.69, 9.17) is 4.74 Å². The van der Waals surface area contributed by atoms with E-state index >= 15 is 0 Å². The van der Waals surface area contributed by atoms with Crippen LogP contribution in [-0.4, -0.2) is 12.9 Å². The molecule has 2 aromatic rings. The second kappa shape index (κ2) is 6.47. The molecule has 0 saturated heterocycles. The fourth-order valence-electron chi connectivity index (χ4n) is 1.90. The average molecular weight is 306 g/mol. The largest absolute Gasteiger partial charge is 0.496 e. The predicted molar refractivity (Wildman–Crippen MR) is 77.8 cm³/mol. The molecular weight excluding hydrogens is 293 g/mol. The van der Waals surface area contributed by atoms with E-state index in [2.05, 4.69) is 0 Å². The molecule has 0 amide bonds. The van der Waals surface area contributed by atoms with Gasteiger partial charge >= 0.3 is 6.18 Å². The maximum atomic E-state index is 12.7. The van der Waals surface area contributed by atoms with Gasteiger partial charge in [-0.1, -0.05) is 36.4 Å². The van der Waals surface area contributed by atoms with Gasteiger partial charge in [0.2, 0.25) is 0 Å². The van der Waals surface area contributed by atoms with Crippen LogP contribution in [0.4, 0.5) is 13.2 Å². The molecule has 0 spiro atoms. The van der Waals surface area contributed by atoms with Crippen LogP contribution in [0.3, 0.4) is 0 Å². The Balaban J connectivity index is 2.34. The lowest BCUT2D eigenvalue weighted by Crippen LogP contribution is -2.08. The molecule has 2 aromatic carbocycles. The highest BCUT2D eigenvalue weighted by molar-refractivity contribution is 6.08. The van der Waals surface area contributed by atoms with E-state index < -0.39 is 17.5 Å². The monoisotopic (exact) mass is 306 g/mol. The Morgan fingerprint density at radius 1 is 1.09 bits per heavy atom. The quantitative estimate of drug-likeness (QED) is 0.609. The molecule has 0 bridgehead atoms. The lowest BCUT2D eigenvalue weighted by Gasteiger charge is -2.11. The maximum Gasteiger partial charge on any atom is 0.416 e. The van der Waals surface area contributed by atoms with Gasteiger partial charge in [0.25, 0.3) is 0 Å². The van der Waals surface area contributed by atoms with Gasteiger partial charge < -0.3 is 4.74 Å². The number of ether oxygens (including phenoxy) is 1. The second-order valence-corrected chi connectivity index (χ2v) is 4.52. The van der Waals surface area contributed by atoms with E-state index in [9.17, 15) is 18.0 Å². The highest BCUT2D eigenvalue weighted by Gasteiger charge is 2.31.